The summed E-state index contributed by atoms with van der Waals surface area (Å²) in [5.41, 5.74) is 9.69. The SMILES string of the molecule is C=CCOCc1cc(N=C2C=C3CCC45CC4(C(OCOC)CC4(C)C5CCC45OCOC54COCO4)C3(C)CC2=CN)ccc1F. The van der Waals surface area contributed by atoms with Crippen LogP contribution >= 0.6 is 0 Å². The molecule has 2 saturated heterocycles. The van der Waals surface area contributed by atoms with Crippen LogP contribution in [0.25, 0.3) is 0 Å². The summed E-state index contributed by atoms with van der Waals surface area (Å²) in [5, 5.41) is 0. The summed E-state index contributed by atoms with van der Waals surface area (Å²) in [6.07, 6.45) is 12.2. The second-order valence-corrected chi connectivity index (χ2v) is 15.1. The van der Waals surface area contributed by atoms with E-state index < -0.39 is 11.4 Å². The number of nitrogens with zero attached hydrogens (tertiary/aromatic N) is 1. The number of benzene rings is 1. The normalized spacial score (nSPS) is 44.8. The fourth-order valence-corrected chi connectivity index (χ4v) is 11.8. The number of nitrogens with two attached hydrogens (primary N) is 1. The number of allylic oxidation sites excluding steroid dienone is 3. The fraction of sp³-hybridized carbons (Fsp3) is 0.649. The van der Waals surface area contributed by atoms with E-state index in [1.165, 1.54) is 11.6 Å². The molecule has 5 aliphatic carbocycles. The lowest BCUT2D eigenvalue weighted by atomic mass is 9.44. The monoisotopic (exact) mass is 650 g/mol. The van der Waals surface area contributed by atoms with Crippen molar-refractivity contribution in [3.05, 3.63) is 65.7 Å². The van der Waals surface area contributed by atoms with Gasteiger partial charge in [0.2, 0.25) is 5.79 Å². The molecule has 0 radical (unpaired) electrons. The third-order valence-corrected chi connectivity index (χ3v) is 13.6. The van der Waals surface area contributed by atoms with Crippen molar-refractivity contribution in [2.45, 2.75) is 82.9 Å². The van der Waals surface area contributed by atoms with E-state index in [1.54, 1.807) is 31.5 Å². The zero-order valence-electron chi connectivity index (χ0n) is 27.8. The van der Waals surface area contributed by atoms with Crippen LogP contribution in [0.2, 0.25) is 0 Å². The topological polar surface area (TPSA) is 103 Å². The van der Waals surface area contributed by atoms with Crippen LogP contribution in [0.4, 0.5) is 10.1 Å². The average molecular weight is 651 g/mol. The van der Waals surface area contributed by atoms with Crippen LogP contribution < -0.4 is 5.73 Å². The molecule has 9 nitrogen and oxygen atoms in total. The highest BCUT2D eigenvalue weighted by Crippen LogP contribution is 2.91. The first kappa shape index (κ1) is 31.8. The van der Waals surface area contributed by atoms with Crippen molar-refractivity contribution in [3.8, 4) is 0 Å². The molecule has 1 aromatic carbocycles. The summed E-state index contributed by atoms with van der Waals surface area (Å²) in [7, 11) is 1.69. The first-order chi connectivity index (χ1) is 22.7. The molecule has 1 aromatic rings. The first-order valence-corrected chi connectivity index (χ1v) is 17.0. The molecule has 8 unspecified atom stereocenters. The summed E-state index contributed by atoms with van der Waals surface area (Å²) in [4.78, 5) is 5.02. The Morgan fingerprint density at radius 1 is 1.17 bits per heavy atom. The minimum atomic E-state index is -0.888. The van der Waals surface area contributed by atoms with E-state index in [0.29, 0.717) is 30.4 Å². The lowest BCUT2D eigenvalue weighted by Gasteiger charge is -2.62. The lowest BCUT2D eigenvalue weighted by molar-refractivity contribution is -0.264. The zero-order valence-corrected chi connectivity index (χ0v) is 27.8. The Labute approximate surface area is 276 Å². The summed E-state index contributed by atoms with van der Waals surface area (Å²) < 4.78 is 57.4. The molecule has 0 bridgehead atoms. The van der Waals surface area contributed by atoms with E-state index in [4.69, 9.17) is 43.9 Å². The molecule has 0 aromatic heterocycles. The second kappa shape index (κ2) is 11.0. The van der Waals surface area contributed by atoms with Gasteiger partial charge in [-0.1, -0.05) is 25.5 Å². The maximum Gasteiger partial charge on any atom is 0.226 e. The third-order valence-electron chi connectivity index (χ3n) is 13.6. The van der Waals surface area contributed by atoms with Gasteiger partial charge in [-0.3, -0.25) is 0 Å². The highest BCUT2D eigenvalue weighted by Gasteiger charge is 2.89. The standard InChI is InChI=1S/C37H47FN2O7/c1-5-12-42-18-24-13-27(6-7-28(24)38)40-29-14-26-8-10-34-19-35(34,32(26,2)15-25(29)17-39)31(44-21-41-4)16-33(3)30(34)9-11-36(33)37(47-23-45-36)20-43-22-46-37/h5-7,13-14,17,30-31H,1,8-12,15-16,18-23,39H2,2-4H3. The number of ether oxygens (including phenoxy) is 7. The molecular formula is C37H47FN2O7. The lowest BCUT2D eigenvalue weighted by Crippen LogP contribution is -2.66. The average Bonchev–Trinajstić information content (AvgIpc) is 3.29. The second-order valence-electron chi connectivity index (χ2n) is 15.1. The van der Waals surface area contributed by atoms with Gasteiger partial charge in [0.15, 0.2) is 13.6 Å². The number of halogens is 1. The Morgan fingerprint density at radius 3 is 2.79 bits per heavy atom. The number of fused-ring (bicyclic) bond motifs is 4. The summed E-state index contributed by atoms with van der Waals surface area (Å²) in [5.74, 6) is -0.785. The van der Waals surface area contributed by atoms with E-state index in [0.717, 1.165) is 56.2 Å². The minimum Gasteiger partial charge on any atom is -0.404 e. The molecule has 7 aliphatic rings. The molecular weight excluding hydrogens is 603 g/mol. The van der Waals surface area contributed by atoms with Gasteiger partial charge in [-0.15, -0.1) is 6.58 Å². The predicted molar refractivity (Wildman–Crippen MR) is 172 cm³/mol. The van der Waals surface area contributed by atoms with Crippen LogP contribution in [0.1, 0.15) is 64.4 Å². The van der Waals surface area contributed by atoms with Gasteiger partial charge in [0, 0.05) is 28.9 Å². The molecule has 254 valence electrons. The van der Waals surface area contributed by atoms with Crippen molar-refractivity contribution >= 4 is 11.4 Å². The molecule has 10 heteroatoms. The fourth-order valence-electron chi connectivity index (χ4n) is 11.8. The van der Waals surface area contributed by atoms with Crippen molar-refractivity contribution in [2.24, 2.45) is 38.3 Å². The van der Waals surface area contributed by atoms with Crippen LogP contribution in [0.5, 0.6) is 0 Å². The zero-order chi connectivity index (χ0) is 32.7. The van der Waals surface area contributed by atoms with E-state index in [9.17, 15) is 4.39 Å². The van der Waals surface area contributed by atoms with E-state index in [-0.39, 0.29) is 60.6 Å². The Hall–Kier alpha value is -2.44. The van der Waals surface area contributed by atoms with Crippen LogP contribution in [0, 0.1) is 33.4 Å². The van der Waals surface area contributed by atoms with Crippen LogP contribution in [0.15, 0.2) is 59.3 Å². The smallest absolute Gasteiger partial charge is 0.226 e. The van der Waals surface area contributed by atoms with E-state index >= 15 is 0 Å². The quantitative estimate of drug-likeness (QED) is 0.202. The minimum absolute atomic E-state index is 0.0660. The van der Waals surface area contributed by atoms with Gasteiger partial charge in [-0.25, -0.2) is 9.38 Å². The van der Waals surface area contributed by atoms with Crippen molar-refractivity contribution in [2.75, 3.05) is 40.7 Å². The van der Waals surface area contributed by atoms with Crippen LogP contribution in [-0.4, -0.2) is 63.9 Å². The number of methoxy groups -OCH3 is 1. The van der Waals surface area contributed by atoms with Gasteiger partial charge in [0.1, 0.15) is 24.8 Å². The molecule has 8 rings (SSSR count). The molecule has 2 spiro atoms. The molecule has 2 N–H and O–H groups in total. The third kappa shape index (κ3) is 4.03. The van der Waals surface area contributed by atoms with Crippen molar-refractivity contribution in [3.63, 3.8) is 0 Å². The van der Waals surface area contributed by atoms with E-state index in [2.05, 4.69) is 26.5 Å². The summed E-state index contributed by atoms with van der Waals surface area (Å²) in [6, 6.07) is 4.91. The number of hydrogen-bond acceptors (Lipinski definition) is 9. The molecule has 6 fully saturated rings. The number of hydrogen-bond donors (Lipinski definition) is 1. The Bertz CT molecular complexity index is 1550. The summed E-state index contributed by atoms with van der Waals surface area (Å²) >= 11 is 0. The molecule has 47 heavy (non-hydrogen) atoms. The highest BCUT2D eigenvalue weighted by atomic mass is 19.1. The number of aliphatic imine (C=N–C) groups is 1. The van der Waals surface area contributed by atoms with Crippen molar-refractivity contribution < 1.29 is 37.5 Å². The highest BCUT2D eigenvalue weighted by molar-refractivity contribution is 6.11. The number of rotatable bonds is 8. The van der Waals surface area contributed by atoms with Crippen LogP contribution in [0.3, 0.4) is 0 Å². The molecule has 2 aliphatic heterocycles. The maximum absolute atomic E-state index is 14.6. The Kier molecular flexibility index (Phi) is 7.47. The molecule has 0 amide bonds. The van der Waals surface area contributed by atoms with E-state index in [1.807, 2.05) is 0 Å². The van der Waals surface area contributed by atoms with Gasteiger partial charge in [-0.2, -0.15) is 0 Å². The first-order valence-electron chi connectivity index (χ1n) is 17.0. The van der Waals surface area contributed by atoms with Gasteiger partial charge in [-0.05, 0) is 92.3 Å². The van der Waals surface area contributed by atoms with Gasteiger partial charge < -0.3 is 38.9 Å². The maximum atomic E-state index is 14.6. The summed E-state index contributed by atoms with van der Waals surface area (Å²) in [6.45, 7) is 10.0. The molecule has 8 atom stereocenters. The van der Waals surface area contributed by atoms with Crippen LogP contribution in [-0.2, 0) is 39.8 Å². The largest absolute Gasteiger partial charge is 0.404 e. The van der Waals surface area contributed by atoms with Gasteiger partial charge >= 0.3 is 0 Å². The predicted octanol–water partition coefficient (Wildman–Crippen LogP) is 6.20. The Morgan fingerprint density at radius 2 is 2.02 bits per heavy atom. The Balaban J connectivity index is 1.17. The molecule has 4 saturated carbocycles. The van der Waals surface area contributed by atoms with Gasteiger partial charge in [0.05, 0.1) is 30.7 Å². The van der Waals surface area contributed by atoms with Crippen molar-refractivity contribution in [1.29, 1.82) is 0 Å². The van der Waals surface area contributed by atoms with Crippen molar-refractivity contribution in [1.82, 2.24) is 0 Å². The molecule has 2 heterocycles. The van der Waals surface area contributed by atoms with Gasteiger partial charge in [0.25, 0.3) is 0 Å².